The molecule has 0 fully saturated rings. The molecule has 11 aromatic rings. The average Bonchev–Trinajstić information content (AvgIpc) is 3.86. The van der Waals surface area contributed by atoms with Crippen LogP contribution >= 0.6 is 0 Å². The third-order valence-electron chi connectivity index (χ3n) is 11.7. The Morgan fingerprint density at radius 3 is 1.53 bits per heavy atom. The molecule has 1 aliphatic rings. The van der Waals surface area contributed by atoms with Gasteiger partial charge in [-0.15, -0.1) is 0 Å². The van der Waals surface area contributed by atoms with Gasteiger partial charge in [0.15, 0.2) is 0 Å². The molecule has 1 aliphatic carbocycles. The monoisotopic (exact) mass is 672 g/mol. The Kier molecular flexibility index (Phi) is 5.86. The van der Waals surface area contributed by atoms with E-state index in [1.807, 2.05) is 0 Å². The van der Waals surface area contributed by atoms with E-state index in [-0.39, 0.29) is 0 Å². The third kappa shape index (κ3) is 4.21. The summed E-state index contributed by atoms with van der Waals surface area (Å²) >= 11 is 0. The largest absolute Gasteiger partial charge is 0.309 e. The van der Waals surface area contributed by atoms with Gasteiger partial charge >= 0.3 is 0 Å². The van der Waals surface area contributed by atoms with E-state index in [1.54, 1.807) is 0 Å². The highest BCUT2D eigenvalue weighted by Crippen LogP contribution is 2.44. The van der Waals surface area contributed by atoms with Gasteiger partial charge in [0.25, 0.3) is 0 Å². The Labute approximate surface area is 306 Å². The number of para-hydroxylation sites is 1. The maximum atomic E-state index is 2.48. The number of hydrogen-bond acceptors (Lipinski definition) is 0. The Morgan fingerprint density at radius 2 is 0.830 bits per heavy atom. The summed E-state index contributed by atoms with van der Waals surface area (Å²) in [5, 5.41) is 10.1. The molecular weight excluding hydrogens is 641 g/mol. The van der Waals surface area contributed by atoms with Crippen molar-refractivity contribution in [2.45, 2.75) is 6.42 Å². The topological polar surface area (TPSA) is 9.86 Å². The number of nitrogens with zero attached hydrogens (tertiary/aromatic N) is 2. The quantitative estimate of drug-likeness (QED) is 0.177. The highest BCUT2D eigenvalue weighted by atomic mass is 15.0. The molecule has 12 rings (SSSR count). The predicted molar refractivity (Wildman–Crippen MR) is 224 cm³/mol. The number of aromatic nitrogens is 2. The van der Waals surface area contributed by atoms with Crippen LogP contribution in [0.5, 0.6) is 0 Å². The number of hydrogen-bond donors (Lipinski definition) is 0. The van der Waals surface area contributed by atoms with Crippen molar-refractivity contribution in [1.29, 1.82) is 0 Å². The van der Waals surface area contributed by atoms with Crippen molar-refractivity contribution in [3.63, 3.8) is 0 Å². The van der Waals surface area contributed by atoms with Crippen molar-refractivity contribution in [1.82, 2.24) is 9.13 Å². The van der Waals surface area contributed by atoms with E-state index >= 15 is 0 Å². The molecule has 2 heterocycles. The second kappa shape index (κ2) is 10.8. The molecule has 246 valence electrons. The Morgan fingerprint density at radius 1 is 0.302 bits per heavy atom. The van der Waals surface area contributed by atoms with Gasteiger partial charge in [-0.05, 0) is 128 Å². The molecular formula is C51H32N2. The van der Waals surface area contributed by atoms with Crippen LogP contribution in [-0.4, -0.2) is 9.13 Å². The first-order valence-electron chi connectivity index (χ1n) is 18.5. The zero-order valence-electron chi connectivity index (χ0n) is 28.9. The van der Waals surface area contributed by atoms with E-state index < -0.39 is 0 Å². The minimum atomic E-state index is 0.971. The smallest absolute Gasteiger partial charge is 0.0544 e. The van der Waals surface area contributed by atoms with Crippen LogP contribution in [0.3, 0.4) is 0 Å². The lowest BCUT2D eigenvalue weighted by Gasteiger charge is -2.11. The lowest BCUT2D eigenvalue weighted by atomic mass is 9.99. The normalized spacial score (nSPS) is 12.5. The SMILES string of the molecule is c1ccc2c(c1)Cc1cc3c(cc1-2)c1cc(-c2ccc4c(c2)c2ccccc2n4-c2ccc4ccccc4c2)ccc1n3-c1ccc2ccccc2c1. The molecule has 2 aromatic heterocycles. The van der Waals surface area contributed by atoms with Crippen molar-refractivity contribution < 1.29 is 0 Å². The molecule has 0 unspecified atom stereocenters. The van der Waals surface area contributed by atoms with Crippen LogP contribution in [-0.2, 0) is 6.42 Å². The van der Waals surface area contributed by atoms with E-state index in [2.05, 4.69) is 191 Å². The molecule has 2 heteroatoms. The fourth-order valence-corrected chi connectivity index (χ4v) is 9.17. The zero-order chi connectivity index (χ0) is 34.6. The van der Waals surface area contributed by atoms with Gasteiger partial charge in [0.05, 0.1) is 22.1 Å². The Bertz CT molecular complexity index is 3320. The first kappa shape index (κ1) is 28.8. The standard InChI is InChI=1S/C51H32N2/c1-3-11-34-26-40(21-17-32(34)9-1)52-48-16-8-7-15-43(48)45-28-36(19-23-49(45)52)37-20-24-50-46(29-37)47-31-44-39(25-38-13-5-6-14-42(38)44)30-51(47)53(50)41-22-18-33-10-2-4-12-35(33)27-41/h1-24,26-31H,25H2. The highest BCUT2D eigenvalue weighted by molar-refractivity contribution is 6.14. The van der Waals surface area contributed by atoms with Gasteiger partial charge in [-0.25, -0.2) is 0 Å². The molecule has 0 radical (unpaired) electrons. The highest BCUT2D eigenvalue weighted by Gasteiger charge is 2.23. The van der Waals surface area contributed by atoms with Crippen LogP contribution in [0.4, 0.5) is 0 Å². The summed E-state index contributed by atoms with van der Waals surface area (Å²) in [7, 11) is 0. The van der Waals surface area contributed by atoms with Gasteiger partial charge in [-0.1, -0.05) is 115 Å². The number of rotatable bonds is 3. The molecule has 0 saturated carbocycles. The Hall–Kier alpha value is -6.90. The van der Waals surface area contributed by atoms with Crippen molar-refractivity contribution >= 4 is 65.2 Å². The summed E-state index contributed by atoms with van der Waals surface area (Å²) in [6, 6.07) is 67.6. The van der Waals surface area contributed by atoms with Gasteiger partial charge in [0, 0.05) is 32.9 Å². The van der Waals surface area contributed by atoms with Crippen LogP contribution in [0, 0.1) is 0 Å². The zero-order valence-corrected chi connectivity index (χ0v) is 28.9. The summed E-state index contributed by atoms with van der Waals surface area (Å²) < 4.78 is 4.89. The molecule has 0 bridgehead atoms. The van der Waals surface area contributed by atoms with E-state index in [0.29, 0.717) is 0 Å². The van der Waals surface area contributed by atoms with Crippen LogP contribution in [0.15, 0.2) is 182 Å². The van der Waals surface area contributed by atoms with Gasteiger partial charge < -0.3 is 9.13 Å². The van der Waals surface area contributed by atoms with Crippen LogP contribution < -0.4 is 0 Å². The first-order chi connectivity index (χ1) is 26.2. The fraction of sp³-hybridized carbons (Fsp3) is 0.0196. The van der Waals surface area contributed by atoms with Crippen LogP contribution in [0.2, 0.25) is 0 Å². The molecule has 0 atom stereocenters. The maximum Gasteiger partial charge on any atom is 0.0544 e. The summed E-state index contributed by atoms with van der Waals surface area (Å²) in [5.74, 6) is 0. The van der Waals surface area contributed by atoms with Crippen molar-refractivity contribution in [2.75, 3.05) is 0 Å². The van der Waals surface area contributed by atoms with Gasteiger partial charge in [0.1, 0.15) is 0 Å². The molecule has 0 spiro atoms. The molecule has 0 aliphatic heterocycles. The van der Waals surface area contributed by atoms with Crippen molar-refractivity contribution in [3.05, 3.63) is 193 Å². The molecule has 9 aromatic carbocycles. The van der Waals surface area contributed by atoms with Crippen molar-refractivity contribution in [3.8, 4) is 33.6 Å². The van der Waals surface area contributed by atoms with Crippen molar-refractivity contribution in [2.24, 2.45) is 0 Å². The Balaban J connectivity index is 1.08. The molecule has 53 heavy (non-hydrogen) atoms. The summed E-state index contributed by atoms with van der Waals surface area (Å²) in [4.78, 5) is 0. The minimum absolute atomic E-state index is 0.971. The lowest BCUT2D eigenvalue weighted by molar-refractivity contribution is 1.18. The van der Waals surface area contributed by atoms with Crippen LogP contribution in [0.1, 0.15) is 11.1 Å². The van der Waals surface area contributed by atoms with E-state index in [1.165, 1.54) is 110 Å². The van der Waals surface area contributed by atoms with E-state index in [0.717, 1.165) is 6.42 Å². The number of benzene rings is 9. The lowest BCUT2D eigenvalue weighted by Crippen LogP contribution is -1.95. The van der Waals surface area contributed by atoms with Crippen LogP contribution in [0.25, 0.3) is 98.8 Å². The fourth-order valence-electron chi connectivity index (χ4n) is 9.17. The summed E-state index contributed by atoms with van der Waals surface area (Å²) in [5.41, 5.74) is 15.3. The van der Waals surface area contributed by atoms with Gasteiger partial charge in [-0.2, -0.15) is 0 Å². The van der Waals surface area contributed by atoms with Gasteiger partial charge in [-0.3, -0.25) is 0 Å². The van der Waals surface area contributed by atoms with E-state index in [4.69, 9.17) is 0 Å². The van der Waals surface area contributed by atoms with Gasteiger partial charge in [0.2, 0.25) is 0 Å². The summed E-state index contributed by atoms with van der Waals surface area (Å²) in [6.45, 7) is 0. The third-order valence-corrected chi connectivity index (χ3v) is 11.7. The second-order valence-corrected chi connectivity index (χ2v) is 14.6. The minimum Gasteiger partial charge on any atom is -0.309 e. The number of fused-ring (bicyclic) bond motifs is 11. The predicted octanol–water partition coefficient (Wildman–Crippen LogP) is 13.4. The summed E-state index contributed by atoms with van der Waals surface area (Å²) in [6.07, 6.45) is 0.971. The molecule has 0 saturated heterocycles. The maximum absolute atomic E-state index is 2.48. The average molecular weight is 673 g/mol. The second-order valence-electron chi connectivity index (χ2n) is 14.6. The molecule has 0 amide bonds. The van der Waals surface area contributed by atoms with E-state index in [9.17, 15) is 0 Å². The first-order valence-corrected chi connectivity index (χ1v) is 18.5. The molecule has 0 N–H and O–H groups in total. The molecule has 2 nitrogen and oxygen atoms in total.